The first kappa shape index (κ1) is 21.5. The van der Waals surface area contributed by atoms with Crippen LogP contribution in [0.1, 0.15) is 49.9 Å². The molecule has 7 nitrogen and oxygen atoms in total. The van der Waals surface area contributed by atoms with E-state index in [-0.39, 0.29) is 18.0 Å². The van der Waals surface area contributed by atoms with E-state index in [4.69, 9.17) is 4.74 Å². The second-order valence-corrected chi connectivity index (χ2v) is 10.2. The minimum absolute atomic E-state index is 0.0981. The van der Waals surface area contributed by atoms with Gasteiger partial charge in [0.05, 0.1) is 13.2 Å². The average molecular weight is 461 g/mol. The molecule has 1 aromatic heterocycles. The number of urea groups is 1. The summed E-state index contributed by atoms with van der Waals surface area (Å²) in [5, 5.41) is 4.49. The predicted octanol–water partition coefficient (Wildman–Crippen LogP) is 4.07. The number of methoxy groups -OCH3 is 1. The van der Waals surface area contributed by atoms with Crippen molar-refractivity contribution in [3.8, 4) is 5.75 Å². The van der Waals surface area contributed by atoms with Crippen LogP contribution in [0.2, 0.25) is 0 Å². The number of carbonyl (C=O) groups excluding carboxylic acids is 2. The highest BCUT2D eigenvalue weighted by Gasteiger charge is 2.60. The van der Waals surface area contributed by atoms with Gasteiger partial charge in [-0.25, -0.2) is 4.79 Å². The molecule has 4 aliphatic rings. The quantitative estimate of drug-likeness (QED) is 0.482. The molecule has 0 bridgehead atoms. The second-order valence-electron chi connectivity index (χ2n) is 10.2. The van der Waals surface area contributed by atoms with Gasteiger partial charge in [0.15, 0.2) is 0 Å². The van der Waals surface area contributed by atoms with Crippen LogP contribution in [0.5, 0.6) is 5.75 Å². The van der Waals surface area contributed by atoms with Gasteiger partial charge in [0.2, 0.25) is 0 Å². The van der Waals surface area contributed by atoms with Gasteiger partial charge in [-0.05, 0) is 74.4 Å². The lowest BCUT2D eigenvalue weighted by Gasteiger charge is -2.43. The normalized spacial score (nSPS) is 26.2. The highest BCUT2D eigenvalue weighted by atomic mass is 16.5. The number of hydrogen-bond donors (Lipinski definition) is 2. The molecule has 6 rings (SSSR count). The summed E-state index contributed by atoms with van der Waals surface area (Å²) in [6, 6.07) is 5.49. The number of benzene rings is 1. The van der Waals surface area contributed by atoms with Gasteiger partial charge in [-0.3, -0.25) is 14.6 Å². The molecule has 1 aromatic carbocycles. The molecule has 1 saturated carbocycles. The highest BCUT2D eigenvalue weighted by Crippen LogP contribution is 2.49. The second kappa shape index (κ2) is 8.01. The van der Waals surface area contributed by atoms with Crippen molar-refractivity contribution in [3.05, 3.63) is 53.3 Å². The summed E-state index contributed by atoms with van der Waals surface area (Å²) in [4.78, 5) is 34.5. The number of rotatable bonds is 7. The molecule has 178 valence electrons. The van der Waals surface area contributed by atoms with Gasteiger partial charge >= 0.3 is 6.03 Å². The minimum atomic E-state index is -0.921. The van der Waals surface area contributed by atoms with E-state index in [1.54, 1.807) is 7.11 Å². The minimum Gasteiger partial charge on any atom is -0.497 e. The molecule has 1 saturated heterocycles. The van der Waals surface area contributed by atoms with E-state index in [0.29, 0.717) is 19.5 Å². The maximum absolute atomic E-state index is 13.8. The third-order valence-electron chi connectivity index (χ3n) is 7.86. The monoisotopic (exact) mass is 460 g/mol. The van der Waals surface area contributed by atoms with Crippen molar-refractivity contribution in [2.24, 2.45) is 5.92 Å². The number of fused-ring (bicyclic) bond motifs is 4. The fourth-order valence-corrected chi connectivity index (χ4v) is 5.82. The zero-order valence-corrected chi connectivity index (χ0v) is 19.9. The van der Waals surface area contributed by atoms with Crippen molar-refractivity contribution in [3.63, 3.8) is 0 Å². The predicted molar refractivity (Wildman–Crippen MR) is 131 cm³/mol. The summed E-state index contributed by atoms with van der Waals surface area (Å²) in [5.74, 6) is 1.45. The summed E-state index contributed by atoms with van der Waals surface area (Å²) >= 11 is 0. The van der Waals surface area contributed by atoms with Gasteiger partial charge in [0.25, 0.3) is 5.91 Å². The molecule has 34 heavy (non-hydrogen) atoms. The van der Waals surface area contributed by atoms with E-state index < -0.39 is 5.54 Å². The Morgan fingerprint density at radius 1 is 1.24 bits per heavy atom. The molecule has 2 aliphatic carbocycles. The van der Waals surface area contributed by atoms with Crippen LogP contribution in [-0.2, 0) is 11.2 Å². The van der Waals surface area contributed by atoms with E-state index in [2.05, 4.69) is 28.5 Å². The van der Waals surface area contributed by atoms with Gasteiger partial charge in [-0.15, -0.1) is 0 Å². The lowest BCUT2D eigenvalue weighted by atomic mass is 9.80. The summed E-state index contributed by atoms with van der Waals surface area (Å²) in [6.45, 7) is 3.94. The molecular weight excluding hydrogens is 428 g/mol. The lowest BCUT2D eigenvalue weighted by Crippen LogP contribution is -2.53. The van der Waals surface area contributed by atoms with Crippen LogP contribution in [0.3, 0.4) is 0 Å². The van der Waals surface area contributed by atoms with Gasteiger partial charge < -0.3 is 15.0 Å². The van der Waals surface area contributed by atoms with E-state index in [1.165, 1.54) is 17.7 Å². The number of ether oxygens (including phenoxy) is 1. The molecule has 0 radical (unpaired) electrons. The van der Waals surface area contributed by atoms with Gasteiger partial charge in [-0.2, -0.15) is 0 Å². The number of nitrogens with one attached hydrogen (secondary N) is 2. The molecule has 2 aromatic rings. The molecular formula is C27H32N4O3. The molecule has 3 amide bonds. The summed E-state index contributed by atoms with van der Waals surface area (Å²) < 4.78 is 5.49. The molecule has 0 unspecified atom stereocenters. The van der Waals surface area contributed by atoms with Crippen molar-refractivity contribution < 1.29 is 14.3 Å². The van der Waals surface area contributed by atoms with E-state index in [1.807, 2.05) is 30.0 Å². The van der Waals surface area contributed by atoms with Crippen molar-refractivity contribution in [2.75, 3.05) is 26.7 Å². The Labute approximate surface area is 199 Å². The SMILES string of the molecule is COc1ccc2[nH]c3c(c2c1)C[C@@]1(C)C(=O)N(CCNCC2CC2)C(=O)N1[C@@H]3C1=CCCC=C1. The van der Waals surface area contributed by atoms with Gasteiger partial charge in [-0.1, -0.05) is 18.2 Å². The molecule has 2 atom stereocenters. The van der Waals surface area contributed by atoms with Crippen LogP contribution in [0.4, 0.5) is 4.79 Å². The first-order chi connectivity index (χ1) is 16.5. The van der Waals surface area contributed by atoms with Crippen molar-refractivity contribution in [2.45, 2.75) is 50.6 Å². The fraction of sp³-hybridized carbons (Fsp3) is 0.481. The van der Waals surface area contributed by atoms with E-state index in [0.717, 1.165) is 58.8 Å². The largest absolute Gasteiger partial charge is 0.497 e. The van der Waals surface area contributed by atoms with E-state index >= 15 is 0 Å². The zero-order chi connectivity index (χ0) is 23.4. The number of aromatic nitrogens is 1. The first-order valence-corrected chi connectivity index (χ1v) is 12.4. The third kappa shape index (κ3) is 3.28. The molecule has 7 heteroatoms. The summed E-state index contributed by atoms with van der Waals surface area (Å²) in [5.41, 5.74) is 3.27. The topological polar surface area (TPSA) is 77.7 Å². The number of amides is 3. The van der Waals surface area contributed by atoms with E-state index in [9.17, 15) is 9.59 Å². The van der Waals surface area contributed by atoms with Crippen LogP contribution in [-0.4, -0.2) is 59.0 Å². The number of imide groups is 1. The Morgan fingerprint density at radius 3 is 2.82 bits per heavy atom. The van der Waals surface area contributed by atoms with Crippen LogP contribution < -0.4 is 10.1 Å². The first-order valence-electron chi connectivity index (χ1n) is 12.4. The van der Waals surface area contributed by atoms with Crippen LogP contribution >= 0.6 is 0 Å². The third-order valence-corrected chi connectivity index (χ3v) is 7.86. The fourth-order valence-electron chi connectivity index (χ4n) is 5.82. The Bertz CT molecular complexity index is 1220. The van der Waals surface area contributed by atoms with Crippen LogP contribution in [0, 0.1) is 5.92 Å². The average Bonchev–Trinajstić information content (AvgIpc) is 3.59. The van der Waals surface area contributed by atoms with Crippen molar-refractivity contribution in [1.29, 1.82) is 0 Å². The molecule has 3 heterocycles. The van der Waals surface area contributed by atoms with Crippen LogP contribution in [0.15, 0.2) is 42.0 Å². The van der Waals surface area contributed by atoms with Crippen molar-refractivity contribution in [1.82, 2.24) is 20.1 Å². The Hall–Kier alpha value is -3.06. The van der Waals surface area contributed by atoms with Crippen molar-refractivity contribution >= 4 is 22.8 Å². The zero-order valence-electron chi connectivity index (χ0n) is 19.9. The Kier molecular flexibility index (Phi) is 5.06. The highest BCUT2D eigenvalue weighted by molar-refractivity contribution is 6.08. The number of hydrogen-bond acceptors (Lipinski definition) is 4. The molecule has 0 spiro atoms. The Balaban J connectivity index is 1.41. The number of aromatic amines is 1. The smallest absolute Gasteiger partial charge is 0.328 e. The number of H-pyrrole nitrogens is 1. The lowest BCUT2D eigenvalue weighted by molar-refractivity contribution is -0.133. The summed E-state index contributed by atoms with van der Waals surface area (Å²) in [7, 11) is 1.66. The molecule has 2 N–H and O–H groups in total. The summed E-state index contributed by atoms with van der Waals surface area (Å²) in [6.07, 6.45) is 11.5. The maximum Gasteiger partial charge on any atom is 0.328 e. The number of nitrogens with zero attached hydrogens (tertiary/aromatic N) is 2. The molecule has 2 aliphatic heterocycles. The van der Waals surface area contributed by atoms with Crippen LogP contribution in [0.25, 0.3) is 10.9 Å². The standard InChI is InChI=1S/C27H32N4O3/c1-27-15-21-20-14-19(34-2)10-11-22(20)29-23(21)24(18-6-4-3-5-7-18)31(27)26(33)30(25(27)32)13-12-28-16-17-8-9-17/h4,6-7,10-11,14,17,24,28-29H,3,5,8-9,12-13,15-16H2,1-2H3/t24-,27+/m1/s1. The maximum atomic E-state index is 13.8. The van der Waals surface area contributed by atoms with Gasteiger partial charge in [0.1, 0.15) is 11.3 Å². The number of allylic oxidation sites excluding steroid dienone is 2. The number of carbonyl (C=O) groups is 2. The van der Waals surface area contributed by atoms with Gasteiger partial charge in [0, 0.05) is 36.1 Å². The molecule has 2 fully saturated rings. The Morgan fingerprint density at radius 2 is 2.09 bits per heavy atom.